The van der Waals surface area contributed by atoms with Crippen LogP contribution in [0.2, 0.25) is 0 Å². The van der Waals surface area contributed by atoms with Crippen molar-refractivity contribution in [1.29, 1.82) is 0 Å². The molecule has 0 amide bonds. The lowest BCUT2D eigenvalue weighted by Crippen LogP contribution is -2.27. The normalized spacial score (nSPS) is 11.4. The fourth-order valence-electron chi connectivity index (χ4n) is 4.32. The van der Waals surface area contributed by atoms with Gasteiger partial charge in [0.2, 0.25) is 0 Å². The fraction of sp³-hybridized carbons (Fsp3) is 0.300. The Morgan fingerprint density at radius 2 is 1.56 bits per heavy atom. The molecule has 0 aliphatic carbocycles. The molecular formula is C30H33NO3. The van der Waals surface area contributed by atoms with Crippen LogP contribution in [-0.2, 0) is 0 Å². The molecule has 0 radical (unpaired) electrons. The Labute approximate surface area is 202 Å². The summed E-state index contributed by atoms with van der Waals surface area (Å²) in [5.74, 6) is 1.38. The average molecular weight is 456 g/mol. The van der Waals surface area contributed by atoms with E-state index < -0.39 is 0 Å². The summed E-state index contributed by atoms with van der Waals surface area (Å²) >= 11 is 0. The van der Waals surface area contributed by atoms with Crippen molar-refractivity contribution >= 4 is 16.8 Å². The van der Waals surface area contributed by atoms with Crippen molar-refractivity contribution in [1.82, 2.24) is 4.90 Å². The second-order valence-electron chi connectivity index (χ2n) is 8.77. The Hall–Kier alpha value is -3.37. The van der Waals surface area contributed by atoms with Gasteiger partial charge in [-0.25, -0.2) is 0 Å². The first kappa shape index (κ1) is 23.8. The third-order valence-corrected chi connectivity index (χ3v) is 6.70. The van der Waals surface area contributed by atoms with Crippen LogP contribution in [0.1, 0.15) is 46.5 Å². The molecule has 0 N–H and O–H groups in total. The summed E-state index contributed by atoms with van der Waals surface area (Å²) in [6.07, 6.45) is 0. The number of ether oxygens (including phenoxy) is 1. The first-order valence-electron chi connectivity index (χ1n) is 12.0. The molecule has 0 aliphatic heterocycles. The molecular weight excluding hydrogens is 422 g/mol. The van der Waals surface area contributed by atoms with E-state index in [-0.39, 0.29) is 5.78 Å². The first-order chi connectivity index (χ1) is 16.4. The van der Waals surface area contributed by atoms with Crippen LogP contribution in [0.25, 0.3) is 22.3 Å². The summed E-state index contributed by atoms with van der Waals surface area (Å²) in [7, 11) is 0. The largest absolute Gasteiger partial charge is 0.492 e. The molecule has 0 saturated heterocycles. The SMILES string of the molecule is CCN(CC)CCOc1ccc(-c2oc3ccccc3c2C(=O)c2cc(C)c(C)c(C)c2)cc1. The minimum atomic E-state index is -0.0225. The van der Waals surface area contributed by atoms with Crippen molar-refractivity contribution in [2.75, 3.05) is 26.2 Å². The topological polar surface area (TPSA) is 42.7 Å². The van der Waals surface area contributed by atoms with E-state index in [1.54, 1.807) is 0 Å². The molecule has 1 aromatic heterocycles. The zero-order valence-electron chi connectivity index (χ0n) is 20.8. The van der Waals surface area contributed by atoms with E-state index in [4.69, 9.17) is 9.15 Å². The van der Waals surface area contributed by atoms with Crippen molar-refractivity contribution in [2.45, 2.75) is 34.6 Å². The highest BCUT2D eigenvalue weighted by Crippen LogP contribution is 2.36. The molecule has 4 heteroatoms. The number of furan rings is 1. The number of ketones is 1. The summed E-state index contributed by atoms with van der Waals surface area (Å²) in [4.78, 5) is 16.1. The summed E-state index contributed by atoms with van der Waals surface area (Å²) in [5, 5.41) is 0.831. The van der Waals surface area contributed by atoms with Crippen LogP contribution in [0, 0.1) is 20.8 Å². The Morgan fingerprint density at radius 1 is 0.912 bits per heavy atom. The van der Waals surface area contributed by atoms with E-state index in [0.717, 1.165) is 47.5 Å². The van der Waals surface area contributed by atoms with Crippen LogP contribution < -0.4 is 4.74 Å². The Bertz CT molecular complexity index is 1270. The number of benzene rings is 3. The van der Waals surface area contributed by atoms with Gasteiger partial charge in [-0.2, -0.15) is 0 Å². The maximum absolute atomic E-state index is 13.8. The number of hydrogen-bond donors (Lipinski definition) is 0. The van der Waals surface area contributed by atoms with Gasteiger partial charge >= 0.3 is 0 Å². The maximum Gasteiger partial charge on any atom is 0.197 e. The van der Waals surface area contributed by atoms with Gasteiger partial charge in [0.1, 0.15) is 23.7 Å². The summed E-state index contributed by atoms with van der Waals surface area (Å²) in [6.45, 7) is 14.1. The third kappa shape index (κ3) is 4.78. The van der Waals surface area contributed by atoms with Gasteiger partial charge in [-0.15, -0.1) is 0 Å². The molecule has 0 bridgehead atoms. The van der Waals surface area contributed by atoms with Gasteiger partial charge in [0.05, 0.1) is 5.56 Å². The fourth-order valence-corrected chi connectivity index (χ4v) is 4.32. The number of fused-ring (bicyclic) bond motifs is 1. The number of hydrogen-bond acceptors (Lipinski definition) is 4. The molecule has 1 heterocycles. The highest BCUT2D eigenvalue weighted by Gasteiger charge is 2.23. The highest BCUT2D eigenvalue weighted by molar-refractivity contribution is 6.19. The minimum Gasteiger partial charge on any atom is -0.492 e. The molecule has 0 aliphatic rings. The summed E-state index contributed by atoms with van der Waals surface area (Å²) in [6, 6.07) is 19.5. The second-order valence-corrected chi connectivity index (χ2v) is 8.77. The Kier molecular flexibility index (Phi) is 7.18. The molecule has 176 valence electrons. The van der Waals surface area contributed by atoms with Crippen molar-refractivity contribution in [3.8, 4) is 17.1 Å². The molecule has 0 atom stereocenters. The lowest BCUT2D eigenvalue weighted by atomic mass is 9.93. The quantitative estimate of drug-likeness (QED) is 0.255. The molecule has 4 aromatic rings. The molecule has 0 unspecified atom stereocenters. The van der Waals surface area contributed by atoms with Crippen LogP contribution in [0.5, 0.6) is 5.75 Å². The van der Waals surface area contributed by atoms with Gasteiger partial charge < -0.3 is 14.1 Å². The van der Waals surface area contributed by atoms with Gasteiger partial charge in [0, 0.05) is 23.1 Å². The van der Waals surface area contributed by atoms with Crippen LogP contribution >= 0.6 is 0 Å². The molecule has 3 aromatic carbocycles. The standard InChI is InChI=1S/C30H33NO3/c1-6-31(7-2)16-17-33-25-14-12-23(13-15-25)30-28(26-10-8-9-11-27(26)34-30)29(32)24-18-20(3)22(5)21(4)19-24/h8-15,18-19H,6-7,16-17H2,1-5H3. The van der Waals surface area contributed by atoms with Crippen molar-refractivity contribution < 1.29 is 13.9 Å². The van der Waals surface area contributed by atoms with E-state index in [2.05, 4.69) is 25.7 Å². The molecule has 0 saturated carbocycles. The van der Waals surface area contributed by atoms with Crippen molar-refractivity contribution in [3.05, 3.63) is 88.5 Å². The maximum atomic E-state index is 13.8. The van der Waals surface area contributed by atoms with Crippen LogP contribution in [0.3, 0.4) is 0 Å². The summed E-state index contributed by atoms with van der Waals surface area (Å²) < 4.78 is 12.2. The number of aryl methyl sites for hydroxylation is 2. The number of para-hydroxylation sites is 1. The van der Waals surface area contributed by atoms with Crippen LogP contribution in [0.4, 0.5) is 0 Å². The Morgan fingerprint density at radius 3 is 2.21 bits per heavy atom. The van der Waals surface area contributed by atoms with Gasteiger partial charge in [0.25, 0.3) is 0 Å². The number of carbonyl (C=O) groups excluding carboxylic acids is 1. The lowest BCUT2D eigenvalue weighted by molar-refractivity contribution is 0.104. The first-order valence-corrected chi connectivity index (χ1v) is 12.0. The van der Waals surface area contributed by atoms with E-state index in [1.165, 1.54) is 5.56 Å². The van der Waals surface area contributed by atoms with E-state index in [0.29, 0.717) is 29.1 Å². The molecule has 4 rings (SSSR count). The van der Waals surface area contributed by atoms with Gasteiger partial charge in [-0.3, -0.25) is 4.79 Å². The van der Waals surface area contributed by atoms with Crippen LogP contribution in [-0.4, -0.2) is 36.9 Å². The van der Waals surface area contributed by atoms with Crippen molar-refractivity contribution in [3.63, 3.8) is 0 Å². The number of carbonyl (C=O) groups is 1. The van der Waals surface area contributed by atoms with E-state index in [9.17, 15) is 4.79 Å². The predicted octanol–water partition coefficient (Wildman–Crippen LogP) is 6.98. The van der Waals surface area contributed by atoms with E-state index >= 15 is 0 Å². The van der Waals surface area contributed by atoms with Gasteiger partial charge in [-0.05, 0) is 93.0 Å². The monoisotopic (exact) mass is 455 g/mol. The molecule has 34 heavy (non-hydrogen) atoms. The number of rotatable bonds is 9. The third-order valence-electron chi connectivity index (χ3n) is 6.70. The molecule has 0 fully saturated rings. The zero-order chi connectivity index (χ0) is 24.2. The highest BCUT2D eigenvalue weighted by atomic mass is 16.5. The minimum absolute atomic E-state index is 0.0225. The van der Waals surface area contributed by atoms with Crippen LogP contribution in [0.15, 0.2) is 65.1 Å². The molecule has 4 nitrogen and oxygen atoms in total. The lowest BCUT2D eigenvalue weighted by Gasteiger charge is -2.18. The van der Waals surface area contributed by atoms with Gasteiger partial charge in [0.15, 0.2) is 5.78 Å². The smallest absolute Gasteiger partial charge is 0.197 e. The molecule has 0 spiro atoms. The van der Waals surface area contributed by atoms with E-state index in [1.807, 2.05) is 74.5 Å². The Balaban J connectivity index is 1.67. The zero-order valence-corrected chi connectivity index (χ0v) is 20.8. The second kappa shape index (κ2) is 10.3. The van der Waals surface area contributed by atoms with Crippen molar-refractivity contribution in [2.24, 2.45) is 0 Å². The van der Waals surface area contributed by atoms with Gasteiger partial charge in [-0.1, -0.05) is 32.0 Å². The average Bonchev–Trinajstić information content (AvgIpc) is 3.24. The number of nitrogens with zero attached hydrogens (tertiary/aromatic N) is 1. The summed E-state index contributed by atoms with van der Waals surface area (Å²) in [5.41, 5.74) is 6.30. The predicted molar refractivity (Wildman–Crippen MR) is 139 cm³/mol. The number of likely N-dealkylation sites (N-methyl/N-ethyl adjacent to an activating group) is 1.